The molecule has 1 aliphatic carbocycles. The molecule has 0 unspecified atom stereocenters. The van der Waals surface area contributed by atoms with Gasteiger partial charge >= 0.3 is 0 Å². The maximum Gasteiger partial charge on any atom is 0.276 e. The Morgan fingerprint density at radius 2 is 2.20 bits per heavy atom. The first-order valence-electron chi connectivity index (χ1n) is 7.42. The van der Waals surface area contributed by atoms with E-state index in [0.29, 0.717) is 24.5 Å². The van der Waals surface area contributed by atoms with Gasteiger partial charge < -0.3 is 15.7 Å². The normalized spacial score (nSPS) is 16.3. The third-order valence-electron chi connectivity index (χ3n) is 3.93. The topological polar surface area (TPSA) is 84.4 Å². The van der Waals surface area contributed by atoms with E-state index in [-0.39, 0.29) is 18.6 Å². The fraction of sp³-hybridized carbons (Fsp3) is 0.714. The zero-order valence-corrected chi connectivity index (χ0v) is 12.1. The lowest BCUT2D eigenvalue weighted by molar-refractivity contribution is 0.0579. The van der Waals surface area contributed by atoms with Crippen molar-refractivity contribution in [2.45, 2.75) is 51.6 Å². The van der Waals surface area contributed by atoms with Crippen molar-refractivity contribution in [3.05, 3.63) is 11.9 Å². The van der Waals surface area contributed by atoms with Crippen LogP contribution in [0, 0.1) is 0 Å². The molecule has 1 aromatic rings. The molecule has 6 heteroatoms. The summed E-state index contributed by atoms with van der Waals surface area (Å²) in [7, 11) is 0. The summed E-state index contributed by atoms with van der Waals surface area (Å²) in [5, 5.41) is 13.5. The molecule has 1 saturated carbocycles. The fourth-order valence-electron chi connectivity index (χ4n) is 2.85. The predicted molar refractivity (Wildman–Crippen MR) is 77.3 cm³/mol. The van der Waals surface area contributed by atoms with Gasteiger partial charge in [-0.05, 0) is 19.8 Å². The molecule has 0 atom stereocenters. The lowest BCUT2D eigenvalue weighted by Crippen LogP contribution is -2.43. The van der Waals surface area contributed by atoms with Crippen LogP contribution in [0.3, 0.4) is 0 Å². The molecule has 0 bridgehead atoms. The molecule has 6 nitrogen and oxygen atoms in total. The van der Waals surface area contributed by atoms with Crippen LogP contribution in [-0.4, -0.2) is 44.9 Å². The third kappa shape index (κ3) is 3.12. The number of aromatic nitrogens is 2. The number of carbonyl (C=O) groups is 1. The number of nitrogens with zero attached hydrogens (tertiary/aromatic N) is 3. The highest BCUT2D eigenvalue weighted by Gasteiger charge is 2.28. The summed E-state index contributed by atoms with van der Waals surface area (Å²) in [5.41, 5.74) is 6.61. The van der Waals surface area contributed by atoms with E-state index in [2.05, 4.69) is 5.10 Å². The Labute approximate surface area is 119 Å². The Bertz CT molecular complexity index is 452. The van der Waals surface area contributed by atoms with Gasteiger partial charge in [-0.2, -0.15) is 5.10 Å². The average molecular weight is 280 g/mol. The number of aliphatic hydroxyl groups is 1. The molecule has 0 spiro atoms. The molecule has 3 N–H and O–H groups in total. The van der Waals surface area contributed by atoms with Gasteiger partial charge in [0.1, 0.15) is 0 Å². The zero-order valence-electron chi connectivity index (χ0n) is 12.1. The van der Waals surface area contributed by atoms with E-state index >= 15 is 0 Å². The minimum Gasteiger partial charge on any atom is -0.396 e. The molecule has 0 saturated heterocycles. The first kappa shape index (κ1) is 14.8. The summed E-state index contributed by atoms with van der Waals surface area (Å²) in [6, 6.07) is 0.203. The molecule has 1 aromatic heterocycles. The second-order valence-electron chi connectivity index (χ2n) is 5.30. The summed E-state index contributed by atoms with van der Waals surface area (Å²) in [5.74, 6) is -0.157. The first-order chi connectivity index (χ1) is 9.67. The van der Waals surface area contributed by atoms with Crippen molar-refractivity contribution in [2.75, 3.05) is 18.9 Å². The molecule has 0 aromatic carbocycles. The van der Waals surface area contributed by atoms with Crippen LogP contribution in [0.2, 0.25) is 0 Å². The Balaban J connectivity index is 2.18. The van der Waals surface area contributed by atoms with Crippen LogP contribution in [0.15, 0.2) is 6.20 Å². The molecule has 0 aliphatic heterocycles. The number of rotatable bonds is 5. The second kappa shape index (κ2) is 6.74. The average Bonchev–Trinajstić information content (AvgIpc) is 2.86. The lowest BCUT2D eigenvalue weighted by atomic mass is 9.94. The minimum absolute atomic E-state index is 0.0311. The maximum absolute atomic E-state index is 12.6. The minimum atomic E-state index is -0.157. The van der Waals surface area contributed by atoms with E-state index in [0.717, 1.165) is 25.7 Å². The number of amides is 1. The van der Waals surface area contributed by atoms with E-state index < -0.39 is 0 Å². The van der Waals surface area contributed by atoms with E-state index in [1.807, 2.05) is 6.92 Å². The van der Waals surface area contributed by atoms with Gasteiger partial charge in [0, 0.05) is 25.3 Å². The summed E-state index contributed by atoms with van der Waals surface area (Å²) in [6.45, 7) is 2.95. The standard InChI is InChI=1S/C14H24N4O2/c1-2-17-10-12(15)13(16-17)14(20)18(8-9-19)11-6-4-3-5-7-11/h10-11,19H,2-9,15H2,1H3. The highest BCUT2D eigenvalue weighted by atomic mass is 16.3. The zero-order chi connectivity index (χ0) is 14.5. The molecule has 20 heavy (non-hydrogen) atoms. The Kier molecular flexibility index (Phi) is 5.00. The highest BCUT2D eigenvalue weighted by molar-refractivity contribution is 5.97. The number of nitrogen functional groups attached to an aromatic ring is 1. The quantitative estimate of drug-likeness (QED) is 0.850. The smallest absolute Gasteiger partial charge is 0.276 e. The predicted octanol–water partition coefficient (Wildman–Crippen LogP) is 1.25. The molecule has 0 radical (unpaired) electrons. The summed E-state index contributed by atoms with van der Waals surface area (Å²) in [6.07, 6.45) is 7.19. The Hall–Kier alpha value is -1.56. The Morgan fingerprint density at radius 1 is 1.50 bits per heavy atom. The number of aliphatic hydroxyl groups excluding tert-OH is 1. The van der Waals surface area contributed by atoms with Crippen LogP contribution in [0.25, 0.3) is 0 Å². The van der Waals surface area contributed by atoms with Gasteiger partial charge in [-0.3, -0.25) is 9.48 Å². The van der Waals surface area contributed by atoms with Gasteiger partial charge in [-0.15, -0.1) is 0 Å². The summed E-state index contributed by atoms with van der Waals surface area (Å²) in [4.78, 5) is 14.4. The van der Waals surface area contributed by atoms with Crippen LogP contribution in [-0.2, 0) is 6.54 Å². The third-order valence-corrected chi connectivity index (χ3v) is 3.93. The largest absolute Gasteiger partial charge is 0.396 e. The number of anilines is 1. The van der Waals surface area contributed by atoms with E-state index in [1.54, 1.807) is 15.8 Å². The monoisotopic (exact) mass is 280 g/mol. The van der Waals surface area contributed by atoms with Crippen molar-refractivity contribution in [2.24, 2.45) is 0 Å². The molecule has 2 rings (SSSR count). The van der Waals surface area contributed by atoms with Gasteiger partial charge in [0.25, 0.3) is 5.91 Å². The van der Waals surface area contributed by atoms with Crippen LogP contribution < -0.4 is 5.73 Å². The van der Waals surface area contributed by atoms with Crippen molar-refractivity contribution >= 4 is 11.6 Å². The molecule has 1 fully saturated rings. The van der Waals surface area contributed by atoms with Crippen molar-refractivity contribution < 1.29 is 9.90 Å². The van der Waals surface area contributed by atoms with Gasteiger partial charge in [-0.25, -0.2) is 0 Å². The summed E-state index contributed by atoms with van der Waals surface area (Å²) < 4.78 is 1.67. The van der Waals surface area contributed by atoms with Crippen LogP contribution in [0.5, 0.6) is 0 Å². The van der Waals surface area contributed by atoms with Crippen LogP contribution in [0.1, 0.15) is 49.5 Å². The number of hydrogen-bond donors (Lipinski definition) is 2. The number of aryl methyl sites for hydroxylation is 1. The molecule has 112 valence electrons. The van der Waals surface area contributed by atoms with Gasteiger partial charge in [0.2, 0.25) is 0 Å². The second-order valence-corrected chi connectivity index (χ2v) is 5.30. The van der Waals surface area contributed by atoms with Crippen molar-refractivity contribution in [1.82, 2.24) is 14.7 Å². The van der Waals surface area contributed by atoms with Crippen LogP contribution >= 0.6 is 0 Å². The van der Waals surface area contributed by atoms with E-state index in [4.69, 9.17) is 5.73 Å². The number of carbonyl (C=O) groups excluding carboxylic acids is 1. The van der Waals surface area contributed by atoms with Gasteiger partial charge in [0.05, 0.1) is 12.3 Å². The molecule has 1 heterocycles. The van der Waals surface area contributed by atoms with Crippen molar-refractivity contribution in [1.29, 1.82) is 0 Å². The van der Waals surface area contributed by atoms with E-state index in [9.17, 15) is 9.90 Å². The molecular weight excluding hydrogens is 256 g/mol. The van der Waals surface area contributed by atoms with Crippen molar-refractivity contribution in [3.63, 3.8) is 0 Å². The highest BCUT2D eigenvalue weighted by Crippen LogP contribution is 2.24. The summed E-state index contributed by atoms with van der Waals surface area (Å²) >= 11 is 0. The van der Waals surface area contributed by atoms with Gasteiger partial charge in [-0.1, -0.05) is 19.3 Å². The number of nitrogens with two attached hydrogens (primary N) is 1. The maximum atomic E-state index is 12.6. The first-order valence-corrected chi connectivity index (χ1v) is 7.42. The molecular formula is C14H24N4O2. The number of hydrogen-bond acceptors (Lipinski definition) is 4. The lowest BCUT2D eigenvalue weighted by Gasteiger charge is -2.33. The van der Waals surface area contributed by atoms with E-state index in [1.165, 1.54) is 6.42 Å². The van der Waals surface area contributed by atoms with Crippen molar-refractivity contribution in [3.8, 4) is 0 Å². The molecule has 1 amide bonds. The van der Waals surface area contributed by atoms with Gasteiger partial charge in [0.15, 0.2) is 5.69 Å². The SMILES string of the molecule is CCn1cc(N)c(C(=O)N(CCO)C2CCCCC2)n1. The fourth-order valence-corrected chi connectivity index (χ4v) is 2.85. The molecule has 1 aliphatic rings. The Morgan fingerprint density at radius 3 is 2.75 bits per heavy atom. The van der Waals surface area contributed by atoms with Crippen LogP contribution in [0.4, 0.5) is 5.69 Å².